The van der Waals surface area contributed by atoms with E-state index in [1.54, 1.807) is 12.1 Å². The van der Waals surface area contributed by atoms with E-state index in [1.165, 1.54) is 60.5 Å². The van der Waals surface area contributed by atoms with Gasteiger partial charge in [-0.25, -0.2) is 8.78 Å². The Morgan fingerprint density at radius 3 is 2.45 bits per heavy atom. The van der Waals surface area contributed by atoms with E-state index < -0.39 is 23.4 Å². The highest BCUT2D eigenvalue weighted by Crippen LogP contribution is 2.31. The number of carbonyl (C=O) groups is 3. The van der Waals surface area contributed by atoms with Crippen molar-refractivity contribution in [3.63, 3.8) is 0 Å². The zero-order valence-corrected chi connectivity index (χ0v) is 18.1. The molecule has 3 aromatic carbocycles. The van der Waals surface area contributed by atoms with E-state index in [0.29, 0.717) is 16.8 Å². The summed E-state index contributed by atoms with van der Waals surface area (Å²) in [5.74, 6) is -2.49. The molecule has 0 radical (unpaired) electrons. The molecule has 33 heavy (non-hydrogen) atoms. The molecule has 0 spiro atoms. The molecule has 1 aliphatic heterocycles. The molecule has 0 aliphatic carbocycles. The molecule has 8 heteroatoms. The first-order valence-corrected chi connectivity index (χ1v) is 10.3. The van der Waals surface area contributed by atoms with Crippen LogP contribution in [0.25, 0.3) is 6.08 Å². The molecule has 3 aromatic rings. The second-order valence-electron chi connectivity index (χ2n) is 7.47. The van der Waals surface area contributed by atoms with Gasteiger partial charge in [0.1, 0.15) is 11.6 Å². The molecule has 0 saturated heterocycles. The molecule has 4 rings (SSSR count). The molecule has 5 nitrogen and oxygen atoms in total. The average molecular weight is 467 g/mol. The van der Waals surface area contributed by atoms with E-state index in [-0.39, 0.29) is 34.1 Å². The minimum absolute atomic E-state index is 0.128. The van der Waals surface area contributed by atoms with Gasteiger partial charge in [-0.05, 0) is 59.7 Å². The summed E-state index contributed by atoms with van der Waals surface area (Å²) in [5, 5.41) is 2.59. The third kappa shape index (κ3) is 4.54. The van der Waals surface area contributed by atoms with Gasteiger partial charge in [0.05, 0.1) is 16.3 Å². The van der Waals surface area contributed by atoms with Gasteiger partial charge in [0, 0.05) is 24.7 Å². The van der Waals surface area contributed by atoms with Gasteiger partial charge in [-0.3, -0.25) is 14.4 Å². The van der Waals surface area contributed by atoms with Crippen molar-refractivity contribution in [3.05, 3.63) is 105 Å². The zero-order valence-electron chi connectivity index (χ0n) is 17.4. The van der Waals surface area contributed by atoms with Crippen LogP contribution < -0.4 is 10.2 Å². The molecular weight excluding hydrogens is 450 g/mol. The van der Waals surface area contributed by atoms with E-state index in [2.05, 4.69) is 5.32 Å². The van der Waals surface area contributed by atoms with Gasteiger partial charge < -0.3 is 10.2 Å². The van der Waals surface area contributed by atoms with Gasteiger partial charge in [0.25, 0.3) is 11.8 Å². The number of amides is 2. The lowest BCUT2D eigenvalue weighted by atomic mass is 9.92. The highest BCUT2D eigenvalue weighted by atomic mass is 35.5. The smallest absolute Gasteiger partial charge is 0.262 e. The molecule has 0 bridgehead atoms. The maximum absolute atomic E-state index is 13.4. The maximum atomic E-state index is 13.4. The summed E-state index contributed by atoms with van der Waals surface area (Å²) >= 11 is 5.80. The first kappa shape index (κ1) is 22.4. The van der Waals surface area contributed by atoms with Crippen LogP contribution >= 0.6 is 11.6 Å². The Kier molecular flexibility index (Phi) is 6.07. The van der Waals surface area contributed by atoms with Crippen LogP contribution in [0.5, 0.6) is 0 Å². The predicted molar refractivity (Wildman–Crippen MR) is 121 cm³/mol. The van der Waals surface area contributed by atoms with Crippen molar-refractivity contribution in [2.24, 2.45) is 0 Å². The lowest BCUT2D eigenvalue weighted by molar-refractivity contribution is -0.114. The molecule has 166 valence electrons. The van der Waals surface area contributed by atoms with E-state index in [1.807, 2.05) is 0 Å². The molecule has 1 heterocycles. The van der Waals surface area contributed by atoms with Crippen LogP contribution in [-0.2, 0) is 11.3 Å². The number of benzene rings is 3. The van der Waals surface area contributed by atoms with Gasteiger partial charge in [-0.15, -0.1) is 0 Å². The normalized spacial score (nSPS) is 14.4. The predicted octanol–water partition coefficient (Wildman–Crippen LogP) is 4.79. The molecule has 1 aliphatic rings. The van der Waals surface area contributed by atoms with Gasteiger partial charge in [-0.2, -0.15) is 0 Å². The Labute approximate surface area is 193 Å². The Bertz CT molecular complexity index is 1320. The number of ketones is 1. The Balaban J connectivity index is 1.62. The molecule has 0 aromatic heterocycles. The lowest BCUT2D eigenvalue weighted by Crippen LogP contribution is -2.37. The number of hydrogen-bond donors (Lipinski definition) is 1. The third-order valence-electron chi connectivity index (χ3n) is 5.27. The SMILES string of the molecule is CN1C(=O)/C(=C/c2ccc(F)c(Cl)c2)C(=O)c2cc(C(=O)NCc3ccc(F)cc3)ccc21. The van der Waals surface area contributed by atoms with Gasteiger partial charge in [0.15, 0.2) is 0 Å². The maximum Gasteiger partial charge on any atom is 0.262 e. The largest absolute Gasteiger partial charge is 0.348 e. The fourth-order valence-electron chi connectivity index (χ4n) is 3.47. The van der Waals surface area contributed by atoms with E-state index in [4.69, 9.17) is 11.6 Å². The second-order valence-corrected chi connectivity index (χ2v) is 7.87. The van der Waals surface area contributed by atoms with Crippen LogP contribution in [0.1, 0.15) is 31.8 Å². The van der Waals surface area contributed by atoms with Crippen LogP contribution in [0.2, 0.25) is 5.02 Å². The molecule has 0 unspecified atom stereocenters. The number of rotatable bonds is 4. The van der Waals surface area contributed by atoms with Crippen molar-refractivity contribution in [2.75, 3.05) is 11.9 Å². The first-order chi connectivity index (χ1) is 15.7. The summed E-state index contributed by atoms with van der Waals surface area (Å²) in [6.07, 6.45) is 1.34. The summed E-state index contributed by atoms with van der Waals surface area (Å²) in [5.41, 5.74) is 1.77. The quantitative estimate of drug-likeness (QED) is 0.444. The Morgan fingerprint density at radius 1 is 1.03 bits per heavy atom. The van der Waals surface area contributed by atoms with Crippen LogP contribution in [-0.4, -0.2) is 24.6 Å². The van der Waals surface area contributed by atoms with Gasteiger partial charge >= 0.3 is 0 Å². The van der Waals surface area contributed by atoms with Gasteiger partial charge in [-0.1, -0.05) is 29.8 Å². The fraction of sp³-hybridized carbons (Fsp3) is 0.0800. The summed E-state index contributed by atoms with van der Waals surface area (Å²) < 4.78 is 26.5. The zero-order chi connectivity index (χ0) is 23.7. The number of fused-ring (bicyclic) bond motifs is 1. The summed E-state index contributed by atoms with van der Waals surface area (Å²) in [4.78, 5) is 39.8. The number of hydrogen-bond acceptors (Lipinski definition) is 3. The molecule has 0 fully saturated rings. The van der Waals surface area contributed by atoms with Crippen molar-refractivity contribution in [3.8, 4) is 0 Å². The highest BCUT2D eigenvalue weighted by Gasteiger charge is 2.33. The Morgan fingerprint density at radius 2 is 1.76 bits per heavy atom. The Hall–Kier alpha value is -3.84. The lowest BCUT2D eigenvalue weighted by Gasteiger charge is -2.27. The molecule has 1 N–H and O–H groups in total. The number of likely N-dealkylation sites (N-methyl/N-ethyl adjacent to an activating group) is 1. The van der Waals surface area contributed by atoms with E-state index in [0.717, 1.165) is 6.07 Å². The number of carbonyl (C=O) groups excluding carboxylic acids is 3. The summed E-state index contributed by atoms with van der Waals surface area (Å²) in [7, 11) is 1.52. The number of nitrogens with one attached hydrogen (secondary N) is 1. The van der Waals surface area contributed by atoms with Crippen molar-refractivity contribution >= 4 is 41.0 Å². The number of nitrogens with zero attached hydrogens (tertiary/aromatic N) is 1. The monoisotopic (exact) mass is 466 g/mol. The first-order valence-electron chi connectivity index (χ1n) is 9.91. The topological polar surface area (TPSA) is 66.5 Å². The minimum Gasteiger partial charge on any atom is -0.348 e. The second kappa shape index (κ2) is 8.96. The number of Topliss-reactive ketones (excluding diaryl/α,β-unsaturated/α-hetero) is 1. The van der Waals surface area contributed by atoms with Crippen molar-refractivity contribution in [1.82, 2.24) is 5.32 Å². The van der Waals surface area contributed by atoms with Crippen LogP contribution in [0.15, 0.2) is 66.2 Å². The van der Waals surface area contributed by atoms with Crippen LogP contribution in [0.3, 0.4) is 0 Å². The molecule has 2 amide bonds. The number of anilines is 1. The molecule has 0 atom stereocenters. The number of halogens is 3. The van der Waals surface area contributed by atoms with Gasteiger partial charge in [0.2, 0.25) is 5.78 Å². The van der Waals surface area contributed by atoms with Crippen LogP contribution in [0.4, 0.5) is 14.5 Å². The standard InChI is InChI=1S/C25H17ClF2N2O3/c1-30-22-9-5-16(24(32)29-13-14-2-6-17(27)7-3-14)12-18(22)23(31)19(25(30)33)10-15-4-8-21(28)20(26)11-15/h2-12H,13H2,1H3,(H,29,32)/b19-10+. The fourth-order valence-corrected chi connectivity index (χ4v) is 3.66. The minimum atomic E-state index is -0.612. The molecule has 0 saturated carbocycles. The van der Waals surface area contributed by atoms with E-state index in [9.17, 15) is 23.2 Å². The summed E-state index contributed by atoms with van der Waals surface area (Å²) in [6.45, 7) is 0.180. The third-order valence-corrected chi connectivity index (χ3v) is 5.56. The summed E-state index contributed by atoms with van der Waals surface area (Å²) in [6, 6.07) is 14.1. The van der Waals surface area contributed by atoms with Crippen molar-refractivity contribution in [2.45, 2.75) is 6.54 Å². The van der Waals surface area contributed by atoms with Crippen molar-refractivity contribution in [1.29, 1.82) is 0 Å². The van der Waals surface area contributed by atoms with Crippen molar-refractivity contribution < 1.29 is 23.2 Å². The highest BCUT2D eigenvalue weighted by molar-refractivity contribution is 6.37. The van der Waals surface area contributed by atoms with Crippen LogP contribution in [0, 0.1) is 11.6 Å². The van der Waals surface area contributed by atoms with E-state index >= 15 is 0 Å². The average Bonchev–Trinajstić information content (AvgIpc) is 2.81. The molecular formula is C25H17ClF2N2O3.